The molecule has 1 atom stereocenters. The molecular formula is C14H23N3O. The minimum absolute atomic E-state index is 0.216. The molecule has 0 saturated heterocycles. The van der Waals surface area contributed by atoms with Crippen LogP contribution in [0.2, 0.25) is 0 Å². The molecule has 1 N–H and O–H groups in total. The molecule has 4 nitrogen and oxygen atoms in total. The molecule has 100 valence electrons. The summed E-state index contributed by atoms with van der Waals surface area (Å²) < 4.78 is 5.42. The lowest BCUT2D eigenvalue weighted by Crippen LogP contribution is -2.33. The van der Waals surface area contributed by atoms with Gasteiger partial charge in [0.05, 0.1) is 0 Å². The predicted molar refractivity (Wildman–Crippen MR) is 69.4 cm³/mol. The van der Waals surface area contributed by atoms with Crippen LogP contribution >= 0.6 is 0 Å². The van der Waals surface area contributed by atoms with Gasteiger partial charge in [-0.05, 0) is 44.6 Å². The van der Waals surface area contributed by atoms with Gasteiger partial charge < -0.3 is 9.84 Å². The Bertz CT molecular complexity index is 407. The van der Waals surface area contributed by atoms with Gasteiger partial charge in [0.15, 0.2) is 5.82 Å². The minimum Gasteiger partial charge on any atom is -0.339 e. The number of nitrogens with zero attached hydrogens (tertiary/aromatic N) is 2. The number of nitrogens with one attached hydrogen (secondary N) is 1. The van der Waals surface area contributed by atoms with Crippen molar-refractivity contribution in [2.45, 2.75) is 63.8 Å². The van der Waals surface area contributed by atoms with Gasteiger partial charge in [-0.25, -0.2) is 0 Å². The zero-order valence-electron chi connectivity index (χ0n) is 11.4. The fraction of sp³-hybridized carbons (Fsp3) is 0.857. The van der Waals surface area contributed by atoms with Crippen molar-refractivity contribution in [1.82, 2.24) is 15.5 Å². The van der Waals surface area contributed by atoms with Gasteiger partial charge in [0.1, 0.15) is 0 Å². The monoisotopic (exact) mass is 249 g/mol. The fourth-order valence-corrected chi connectivity index (χ4v) is 2.42. The maximum atomic E-state index is 5.42. The van der Waals surface area contributed by atoms with Crippen molar-refractivity contribution in [3.05, 3.63) is 11.7 Å². The molecule has 0 aliphatic heterocycles. The van der Waals surface area contributed by atoms with Crippen LogP contribution in [0.4, 0.5) is 0 Å². The Kier molecular flexibility index (Phi) is 3.14. The third kappa shape index (κ3) is 2.58. The van der Waals surface area contributed by atoms with Gasteiger partial charge in [0, 0.05) is 17.9 Å². The molecule has 2 saturated carbocycles. The Balaban J connectivity index is 1.61. The average Bonchev–Trinajstić information content (AvgIpc) is 3.28. The third-order valence-corrected chi connectivity index (χ3v) is 4.25. The third-order valence-electron chi connectivity index (χ3n) is 4.25. The molecule has 4 heteroatoms. The normalized spacial score (nSPS) is 23.0. The average molecular weight is 249 g/mol. The topological polar surface area (TPSA) is 51.0 Å². The van der Waals surface area contributed by atoms with E-state index < -0.39 is 0 Å². The molecule has 1 unspecified atom stereocenters. The van der Waals surface area contributed by atoms with Crippen molar-refractivity contribution >= 4 is 0 Å². The van der Waals surface area contributed by atoms with E-state index in [1.165, 1.54) is 32.1 Å². The van der Waals surface area contributed by atoms with E-state index in [1.807, 2.05) is 0 Å². The van der Waals surface area contributed by atoms with E-state index in [9.17, 15) is 0 Å². The van der Waals surface area contributed by atoms with Crippen molar-refractivity contribution in [1.29, 1.82) is 0 Å². The predicted octanol–water partition coefficient (Wildman–Crippen LogP) is 2.44. The van der Waals surface area contributed by atoms with Gasteiger partial charge in [-0.1, -0.05) is 19.0 Å². The molecule has 2 fully saturated rings. The molecule has 2 aliphatic carbocycles. The molecule has 0 amide bonds. The molecule has 0 aromatic carbocycles. The molecule has 1 aromatic rings. The van der Waals surface area contributed by atoms with Crippen molar-refractivity contribution < 1.29 is 4.52 Å². The highest BCUT2D eigenvalue weighted by molar-refractivity contribution is 5.14. The summed E-state index contributed by atoms with van der Waals surface area (Å²) in [5.74, 6) is 2.56. The summed E-state index contributed by atoms with van der Waals surface area (Å²) in [6.07, 6.45) is 7.17. The van der Waals surface area contributed by atoms with Gasteiger partial charge in [-0.15, -0.1) is 0 Å². The van der Waals surface area contributed by atoms with Crippen LogP contribution in [0.1, 0.15) is 57.7 Å². The van der Waals surface area contributed by atoms with Crippen molar-refractivity contribution in [3.8, 4) is 0 Å². The van der Waals surface area contributed by atoms with E-state index in [0.717, 1.165) is 30.6 Å². The lowest BCUT2D eigenvalue weighted by Gasteiger charge is -2.15. The second-order valence-corrected chi connectivity index (χ2v) is 6.17. The number of aromatic nitrogens is 2. The van der Waals surface area contributed by atoms with Crippen LogP contribution in [0.15, 0.2) is 4.52 Å². The van der Waals surface area contributed by atoms with Crippen LogP contribution < -0.4 is 5.32 Å². The molecule has 0 spiro atoms. The van der Waals surface area contributed by atoms with Crippen LogP contribution in [0.5, 0.6) is 0 Å². The molecule has 0 radical (unpaired) electrons. The summed E-state index contributed by atoms with van der Waals surface area (Å²) in [6, 6.07) is 0.533. The van der Waals surface area contributed by atoms with Crippen molar-refractivity contribution in [3.63, 3.8) is 0 Å². The van der Waals surface area contributed by atoms with Crippen LogP contribution in [-0.4, -0.2) is 22.7 Å². The Morgan fingerprint density at radius 3 is 2.83 bits per heavy atom. The summed E-state index contributed by atoms with van der Waals surface area (Å²) in [7, 11) is 0. The molecule has 0 bridgehead atoms. The summed E-state index contributed by atoms with van der Waals surface area (Å²) >= 11 is 0. The van der Waals surface area contributed by atoms with Crippen LogP contribution in [0.25, 0.3) is 0 Å². The van der Waals surface area contributed by atoms with E-state index in [2.05, 4.69) is 29.3 Å². The number of hydrogen-bond acceptors (Lipinski definition) is 4. The highest BCUT2D eigenvalue weighted by Gasteiger charge is 2.43. The summed E-state index contributed by atoms with van der Waals surface area (Å²) in [4.78, 5) is 4.58. The first kappa shape index (κ1) is 12.2. The first-order valence-corrected chi connectivity index (χ1v) is 7.28. The van der Waals surface area contributed by atoms with Gasteiger partial charge in [-0.2, -0.15) is 4.98 Å². The van der Waals surface area contributed by atoms with Gasteiger partial charge in [0.2, 0.25) is 5.89 Å². The van der Waals surface area contributed by atoms with Crippen LogP contribution in [0, 0.1) is 5.92 Å². The van der Waals surface area contributed by atoms with E-state index in [-0.39, 0.29) is 5.41 Å². The number of hydrogen-bond donors (Lipinski definition) is 1. The molecule has 3 rings (SSSR count). The second-order valence-electron chi connectivity index (χ2n) is 6.17. The van der Waals surface area contributed by atoms with Gasteiger partial charge in [0.25, 0.3) is 0 Å². The molecular weight excluding hydrogens is 226 g/mol. The molecule has 2 aliphatic rings. The van der Waals surface area contributed by atoms with E-state index in [1.54, 1.807) is 0 Å². The maximum Gasteiger partial charge on any atom is 0.228 e. The zero-order chi connectivity index (χ0) is 12.6. The van der Waals surface area contributed by atoms with Crippen molar-refractivity contribution in [2.75, 3.05) is 6.54 Å². The minimum atomic E-state index is 0.216. The lowest BCUT2D eigenvalue weighted by molar-refractivity contribution is 0.341. The largest absolute Gasteiger partial charge is 0.339 e. The lowest BCUT2D eigenvalue weighted by atomic mass is 10.1. The summed E-state index contributed by atoms with van der Waals surface area (Å²) in [5, 5.41) is 7.76. The molecule has 1 aromatic heterocycles. The smallest absolute Gasteiger partial charge is 0.228 e. The van der Waals surface area contributed by atoms with Crippen LogP contribution in [-0.2, 0) is 11.8 Å². The quantitative estimate of drug-likeness (QED) is 0.806. The van der Waals surface area contributed by atoms with E-state index in [4.69, 9.17) is 4.52 Å². The maximum absolute atomic E-state index is 5.42. The zero-order valence-corrected chi connectivity index (χ0v) is 11.4. The highest BCUT2D eigenvalue weighted by Crippen LogP contribution is 2.46. The molecule has 1 heterocycles. The first-order chi connectivity index (χ1) is 8.71. The first-order valence-electron chi connectivity index (χ1n) is 7.28. The SMILES string of the molecule is CCCNC(Cc1nc(C2(C)CC2)no1)C1CC1. The Morgan fingerprint density at radius 1 is 1.44 bits per heavy atom. The van der Waals surface area contributed by atoms with Crippen molar-refractivity contribution in [2.24, 2.45) is 5.92 Å². The van der Waals surface area contributed by atoms with E-state index in [0.29, 0.717) is 6.04 Å². The summed E-state index contributed by atoms with van der Waals surface area (Å²) in [5.41, 5.74) is 0.216. The standard InChI is InChI=1S/C14H23N3O/c1-3-8-15-11(10-4-5-10)9-12-16-13(17-18-12)14(2)6-7-14/h10-11,15H,3-9H2,1-2H3. The fourth-order valence-electron chi connectivity index (χ4n) is 2.42. The van der Waals surface area contributed by atoms with Gasteiger partial charge in [-0.3, -0.25) is 0 Å². The number of rotatable bonds is 7. The Labute approximate surface area is 109 Å². The highest BCUT2D eigenvalue weighted by atomic mass is 16.5. The van der Waals surface area contributed by atoms with Crippen LogP contribution in [0.3, 0.4) is 0 Å². The van der Waals surface area contributed by atoms with Gasteiger partial charge >= 0.3 is 0 Å². The Hall–Kier alpha value is -0.900. The second kappa shape index (κ2) is 4.65. The Morgan fingerprint density at radius 2 is 2.22 bits per heavy atom. The van der Waals surface area contributed by atoms with E-state index >= 15 is 0 Å². The molecule has 18 heavy (non-hydrogen) atoms. The summed E-state index contributed by atoms with van der Waals surface area (Å²) in [6.45, 7) is 5.50.